The summed E-state index contributed by atoms with van der Waals surface area (Å²) in [5.74, 6) is -1.90. The lowest BCUT2D eigenvalue weighted by atomic mass is 9.76. The zero-order valence-corrected chi connectivity index (χ0v) is 20.4. The van der Waals surface area contributed by atoms with Crippen LogP contribution >= 0.6 is 0 Å². The van der Waals surface area contributed by atoms with E-state index in [-0.39, 0.29) is 24.8 Å². The first kappa shape index (κ1) is 28.3. The summed E-state index contributed by atoms with van der Waals surface area (Å²) in [4.78, 5) is 21.2. The molecular weight excluding hydrogens is 493 g/mol. The normalized spacial score (nSPS) is 14.6. The molecule has 4 rings (SSSR count). The largest absolute Gasteiger partial charge is 0.475 e. The average molecular weight is 525 g/mol. The summed E-state index contributed by atoms with van der Waals surface area (Å²) in [6.45, 7) is 0. The first-order valence-corrected chi connectivity index (χ1v) is 13.4. The summed E-state index contributed by atoms with van der Waals surface area (Å²) in [5.41, 5.74) is 0.786. The van der Waals surface area contributed by atoms with Crippen LogP contribution < -0.4 is 10.1 Å². The Kier molecular flexibility index (Phi) is 9.79. The number of hydrogen-bond acceptors (Lipinski definition) is 8. The minimum Gasteiger partial charge on any atom is -0.438 e. The van der Waals surface area contributed by atoms with Crippen molar-refractivity contribution in [2.24, 2.45) is 11.8 Å². The summed E-state index contributed by atoms with van der Waals surface area (Å²) < 4.78 is 32.0. The van der Waals surface area contributed by atoms with Gasteiger partial charge in [-0.25, -0.2) is 18.4 Å². The number of rotatable bonds is 12. The number of nitrogens with one attached hydrogen (secondary N) is 1. The van der Waals surface area contributed by atoms with Crippen LogP contribution in [0.1, 0.15) is 32.3 Å². The van der Waals surface area contributed by atoms with Crippen LogP contribution in [0.15, 0.2) is 78.1 Å². The van der Waals surface area contributed by atoms with Crippen LogP contribution in [0.2, 0.25) is 0 Å². The summed E-state index contributed by atoms with van der Waals surface area (Å²) in [6.07, 6.45) is 4.88. The molecule has 1 amide bonds. The van der Waals surface area contributed by atoms with Gasteiger partial charge in [0.15, 0.2) is 14.9 Å². The maximum Gasteiger partial charge on any atom is 0.475 e. The lowest BCUT2D eigenvalue weighted by Gasteiger charge is -2.22. The monoisotopic (exact) mass is 525 g/mol. The second-order valence-corrected chi connectivity index (χ2v) is 11.0. The molecule has 1 saturated carbocycles. The van der Waals surface area contributed by atoms with Crippen molar-refractivity contribution in [3.8, 4) is 11.6 Å². The summed E-state index contributed by atoms with van der Waals surface area (Å²) in [7, 11) is -5.73. The fourth-order valence-electron chi connectivity index (χ4n) is 3.87. The molecule has 11 heteroatoms. The van der Waals surface area contributed by atoms with Gasteiger partial charge in [0.25, 0.3) is 0 Å². The molecule has 1 fully saturated rings. The molecule has 1 aliphatic carbocycles. The third-order valence-corrected chi connectivity index (χ3v) is 7.67. The zero-order chi connectivity index (χ0) is 25.5. The highest BCUT2D eigenvalue weighted by atomic mass is 32.2. The average Bonchev–Trinajstić information content (AvgIpc) is 3.69. The van der Waals surface area contributed by atoms with Crippen LogP contribution in [0.25, 0.3) is 0 Å². The van der Waals surface area contributed by atoms with Crippen LogP contribution in [0.4, 0.5) is 0 Å². The first-order valence-electron chi connectivity index (χ1n) is 11.8. The Hall–Kier alpha value is -3.28. The van der Waals surface area contributed by atoms with Crippen molar-refractivity contribution in [2.45, 2.75) is 44.1 Å². The number of carbonyl (C=O) groups is 1. The number of hydrogen-bond donors (Lipinski definition) is 3. The fraction of sp³-hybridized carbons (Fsp3) is 0.346. The molecule has 0 spiro atoms. The molecule has 0 aliphatic heterocycles. The van der Waals surface area contributed by atoms with E-state index >= 15 is 0 Å². The molecule has 37 heavy (non-hydrogen) atoms. The zero-order valence-electron chi connectivity index (χ0n) is 19.6. The predicted molar refractivity (Wildman–Crippen MR) is 140 cm³/mol. The minimum absolute atomic E-state index is 0. The summed E-state index contributed by atoms with van der Waals surface area (Å²) >= 11 is 0. The molecule has 3 aromatic rings. The van der Waals surface area contributed by atoms with Gasteiger partial charge in [0.2, 0.25) is 11.8 Å². The van der Waals surface area contributed by atoms with E-state index in [1.54, 1.807) is 24.3 Å². The molecule has 0 saturated heterocycles. The molecule has 0 unspecified atom stereocenters. The van der Waals surface area contributed by atoms with Crippen molar-refractivity contribution < 1.29 is 28.0 Å². The molecular formula is C26H32BN3O6S. The van der Waals surface area contributed by atoms with E-state index in [0.29, 0.717) is 18.1 Å². The fourth-order valence-corrected chi connectivity index (χ4v) is 5.27. The highest BCUT2D eigenvalue weighted by Gasteiger charge is 2.35. The third kappa shape index (κ3) is 8.38. The molecule has 9 nitrogen and oxygen atoms in total. The van der Waals surface area contributed by atoms with Gasteiger partial charge in [-0.05, 0) is 36.5 Å². The standard InChI is InChI=1S/C25H28BN3O6S.CH4/c30-25(29-22(26(31)32)14-19-11-12-19)20(13-18-7-3-1-4-8-18)17-36(33,34)24-16-27-23(15-28-24)35-21-9-5-2-6-10-21;/h1-10,15-16,19-20,22,31-32H,11-14,17H2,(H,29,30);1H4/t20-,22+;/m1./s1. The van der Waals surface area contributed by atoms with Gasteiger partial charge in [0, 0.05) is 0 Å². The number of ether oxygens (including phenoxy) is 1. The van der Waals surface area contributed by atoms with Crippen LogP contribution in [0.3, 0.4) is 0 Å². The molecule has 0 bridgehead atoms. The predicted octanol–water partition coefficient (Wildman–Crippen LogP) is 2.83. The number of nitrogens with zero attached hydrogens (tertiary/aromatic N) is 2. The minimum atomic E-state index is -4.00. The van der Waals surface area contributed by atoms with E-state index < -0.39 is 40.5 Å². The van der Waals surface area contributed by atoms with Crippen molar-refractivity contribution >= 4 is 22.9 Å². The maximum atomic E-state index is 13.2. The van der Waals surface area contributed by atoms with Gasteiger partial charge >= 0.3 is 7.12 Å². The molecule has 196 valence electrons. The number of para-hydroxylation sites is 1. The second kappa shape index (κ2) is 12.8. The van der Waals surface area contributed by atoms with Gasteiger partial charge < -0.3 is 20.1 Å². The molecule has 3 N–H and O–H groups in total. The SMILES string of the molecule is C.O=C(N[C@@H](CC1CC1)B(O)O)[C@H](Cc1ccccc1)CS(=O)(=O)c1cnc(Oc2ccccc2)cn1. The van der Waals surface area contributed by atoms with E-state index in [0.717, 1.165) is 24.6 Å². The molecule has 1 aromatic heterocycles. The smallest absolute Gasteiger partial charge is 0.438 e. The summed E-state index contributed by atoms with van der Waals surface area (Å²) in [6, 6.07) is 18.0. The lowest BCUT2D eigenvalue weighted by molar-refractivity contribution is -0.124. The van der Waals surface area contributed by atoms with Gasteiger partial charge in [-0.1, -0.05) is 68.8 Å². The molecule has 2 atom stereocenters. The number of aromatic nitrogens is 2. The van der Waals surface area contributed by atoms with Gasteiger partial charge in [0.05, 0.1) is 30.0 Å². The highest BCUT2D eigenvalue weighted by molar-refractivity contribution is 7.91. The Morgan fingerprint density at radius 2 is 1.68 bits per heavy atom. The number of benzene rings is 2. The highest BCUT2D eigenvalue weighted by Crippen LogP contribution is 2.33. The van der Waals surface area contributed by atoms with Crippen molar-refractivity contribution in [1.29, 1.82) is 0 Å². The first-order chi connectivity index (χ1) is 17.3. The molecule has 0 radical (unpaired) electrons. The Bertz CT molecular complexity index is 1240. The quantitative estimate of drug-likeness (QED) is 0.307. The molecule has 1 heterocycles. The van der Waals surface area contributed by atoms with E-state index in [4.69, 9.17) is 4.74 Å². The lowest BCUT2D eigenvalue weighted by Crippen LogP contribution is -2.50. The van der Waals surface area contributed by atoms with Gasteiger partial charge in [-0.2, -0.15) is 0 Å². The van der Waals surface area contributed by atoms with E-state index in [1.807, 2.05) is 36.4 Å². The van der Waals surface area contributed by atoms with E-state index in [1.165, 1.54) is 6.20 Å². The van der Waals surface area contributed by atoms with E-state index in [9.17, 15) is 23.3 Å². The van der Waals surface area contributed by atoms with Crippen LogP contribution in [0.5, 0.6) is 11.6 Å². The van der Waals surface area contributed by atoms with Crippen LogP contribution in [-0.2, 0) is 21.1 Å². The number of amides is 1. The van der Waals surface area contributed by atoms with Crippen molar-refractivity contribution in [2.75, 3.05) is 5.75 Å². The van der Waals surface area contributed by atoms with Crippen molar-refractivity contribution in [3.63, 3.8) is 0 Å². The van der Waals surface area contributed by atoms with Crippen LogP contribution in [-0.4, -0.2) is 53.2 Å². The maximum absolute atomic E-state index is 13.2. The third-order valence-electron chi connectivity index (χ3n) is 5.98. The molecule has 1 aliphatic rings. The van der Waals surface area contributed by atoms with Crippen molar-refractivity contribution in [1.82, 2.24) is 15.3 Å². The second-order valence-electron chi connectivity index (χ2n) is 8.98. The Balaban J connectivity index is 0.00000380. The topological polar surface area (TPSA) is 139 Å². The van der Waals surface area contributed by atoms with Crippen molar-refractivity contribution in [3.05, 3.63) is 78.6 Å². The van der Waals surface area contributed by atoms with Gasteiger partial charge in [-0.15, -0.1) is 0 Å². The van der Waals surface area contributed by atoms with E-state index in [2.05, 4.69) is 15.3 Å². The number of sulfone groups is 1. The van der Waals surface area contributed by atoms with Gasteiger partial charge in [-0.3, -0.25) is 4.79 Å². The Morgan fingerprint density at radius 3 is 2.24 bits per heavy atom. The molecule has 2 aromatic carbocycles. The van der Waals surface area contributed by atoms with Crippen LogP contribution in [0, 0.1) is 11.8 Å². The Morgan fingerprint density at radius 1 is 1.03 bits per heavy atom. The summed E-state index contributed by atoms with van der Waals surface area (Å²) in [5, 5.41) is 21.9. The number of carbonyl (C=O) groups excluding carboxylic acids is 1. The Labute approximate surface area is 218 Å². The van der Waals surface area contributed by atoms with Gasteiger partial charge in [0.1, 0.15) is 5.75 Å².